The molecule has 1 N–H and O–H groups in total. The van der Waals surface area contributed by atoms with Crippen molar-refractivity contribution in [3.8, 4) is 0 Å². The number of aromatic nitrogens is 1. The van der Waals surface area contributed by atoms with Gasteiger partial charge in [-0.2, -0.15) is 0 Å². The quantitative estimate of drug-likeness (QED) is 0.713. The average molecular weight is 362 g/mol. The number of benzene rings is 2. The molecule has 0 saturated carbocycles. The first-order valence-electron chi connectivity index (χ1n) is 8.96. The van der Waals surface area contributed by atoms with Gasteiger partial charge in [0.15, 0.2) is 0 Å². The molecule has 3 nitrogen and oxygen atoms in total. The number of rotatable bonds is 5. The average Bonchev–Trinajstić information content (AvgIpc) is 3.12. The number of aromatic amines is 1. The standard InChI is InChI=1S/C22H22N2OS/c25-22(16-26-15-19-14-23-21-9-5-4-8-20(19)21)24-12-10-18(11-13-24)17-6-2-1-3-7-17/h1-10,14,23H,11-13,15-16H2. The molecule has 2 heterocycles. The van der Waals surface area contributed by atoms with E-state index in [9.17, 15) is 4.79 Å². The fourth-order valence-electron chi connectivity index (χ4n) is 3.40. The van der Waals surface area contributed by atoms with Gasteiger partial charge < -0.3 is 9.88 Å². The Kier molecular flexibility index (Phi) is 5.12. The number of carbonyl (C=O) groups is 1. The van der Waals surface area contributed by atoms with E-state index < -0.39 is 0 Å². The van der Waals surface area contributed by atoms with Crippen molar-refractivity contribution >= 4 is 34.1 Å². The van der Waals surface area contributed by atoms with Crippen molar-refractivity contribution in [2.45, 2.75) is 12.2 Å². The van der Waals surface area contributed by atoms with Crippen LogP contribution in [0.5, 0.6) is 0 Å². The van der Waals surface area contributed by atoms with E-state index in [4.69, 9.17) is 0 Å². The largest absolute Gasteiger partial charge is 0.361 e. The Balaban J connectivity index is 1.30. The van der Waals surface area contributed by atoms with Gasteiger partial charge in [0.25, 0.3) is 0 Å². The number of para-hydroxylation sites is 1. The molecular weight excluding hydrogens is 340 g/mol. The maximum atomic E-state index is 12.5. The minimum absolute atomic E-state index is 0.234. The Hall–Kier alpha value is -2.46. The molecule has 0 bridgehead atoms. The van der Waals surface area contributed by atoms with Crippen LogP contribution in [0.2, 0.25) is 0 Å². The molecule has 0 radical (unpaired) electrons. The van der Waals surface area contributed by atoms with Gasteiger partial charge >= 0.3 is 0 Å². The summed E-state index contributed by atoms with van der Waals surface area (Å²) in [7, 11) is 0. The molecule has 3 aromatic rings. The number of carbonyl (C=O) groups excluding carboxylic acids is 1. The minimum Gasteiger partial charge on any atom is -0.361 e. The first-order chi connectivity index (χ1) is 12.8. The van der Waals surface area contributed by atoms with E-state index in [1.165, 1.54) is 22.1 Å². The number of fused-ring (bicyclic) bond motifs is 1. The Morgan fingerprint density at radius 1 is 1.08 bits per heavy atom. The van der Waals surface area contributed by atoms with Crippen LogP contribution in [-0.4, -0.2) is 34.6 Å². The summed E-state index contributed by atoms with van der Waals surface area (Å²) in [6, 6.07) is 18.7. The van der Waals surface area contributed by atoms with Crippen molar-refractivity contribution in [3.05, 3.63) is 78.0 Å². The number of hydrogen-bond acceptors (Lipinski definition) is 2. The number of nitrogens with zero attached hydrogens (tertiary/aromatic N) is 1. The fraction of sp³-hybridized carbons (Fsp3) is 0.227. The molecule has 26 heavy (non-hydrogen) atoms. The number of hydrogen-bond donors (Lipinski definition) is 1. The molecule has 0 aliphatic carbocycles. The summed E-state index contributed by atoms with van der Waals surface area (Å²) in [5.41, 5.74) is 5.04. The van der Waals surface area contributed by atoms with Gasteiger partial charge in [0.1, 0.15) is 0 Å². The third-order valence-corrected chi connectivity index (χ3v) is 5.83. The lowest BCUT2D eigenvalue weighted by Gasteiger charge is -2.26. The molecule has 1 amide bonds. The van der Waals surface area contributed by atoms with Gasteiger partial charge in [-0.1, -0.05) is 54.6 Å². The van der Waals surface area contributed by atoms with E-state index in [2.05, 4.69) is 59.7 Å². The van der Waals surface area contributed by atoms with Gasteiger partial charge in [-0.15, -0.1) is 11.8 Å². The van der Waals surface area contributed by atoms with E-state index in [-0.39, 0.29) is 5.91 Å². The van der Waals surface area contributed by atoms with Crippen LogP contribution in [0.3, 0.4) is 0 Å². The van der Waals surface area contributed by atoms with Crippen LogP contribution in [0, 0.1) is 0 Å². The lowest BCUT2D eigenvalue weighted by molar-refractivity contribution is -0.127. The summed E-state index contributed by atoms with van der Waals surface area (Å²) >= 11 is 1.69. The Labute approximate surface area is 158 Å². The summed E-state index contributed by atoms with van der Waals surface area (Å²) < 4.78 is 0. The maximum Gasteiger partial charge on any atom is 0.232 e. The Bertz CT molecular complexity index is 929. The molecule has 2 aromatic carbocycles. The van der Waals surface area contributed by atoms with Gasteiger partial charge in [0.05, 0.1) is 5.75 Å². The minimum atomic E-state index is 0.234. The lowest BCUT2D eigenvalue weighted by Crippen LogP contribution is -2.35. The van der Waals surface area contributed by atoms with Crippen LogP contribution in [-0.2, 0) is 10.5 Å². The van der Waals surface area contributed by atoms with Crippen molar-refractivity contribution in [2.75, 3.05) is 18.8 Å². The summed E-state index contributed by atoms with van der Waals surface area (Å²) in [6.45, 7) is 1.53. The maximum absolute atomic E-state index is 12.5. The lowest BCUT2D eigenvalue weighted by atomic mass is 10.00. The highest BCUT2D eigenvalue weighted by Gasteiger charge is 2.17. The molecule has 4 rings (SSSR count). The molecule has 0 fully saturated rings. The molecule has 4 heteroatoms. The fourth-order valence-corrected chi connectivity index (χ4v) is 4.32. The number of amides is 1. The third kappa shape index (κ3) is 3.70. The van der Waals surface area contributed by atoms with Gasteiger partial charge in [-0.25, -0.2) is 0 Å². The molecule has 1 aliphatic rings. The second kappa shape index (κ2) is 7.83. The van der Waals surface area contributed by atoms with Crippen LogP contribution < -0.4 is 0 Å². The van der Waals surface area contributed by atoms with Gasteiger partial charge in [0, 0.05) is 35.9 Å². The van der Waals surface area contributed by atoms with E-state index in [0.717, 1.165) is 30.8 Å². The zero-order valence-corrected chi connectivity index (χ0v) is 15.5. The summed E-state index contributed by atoms with van der Waals surface area (Å²) in [4.78, 5) is 17.8. The normalized spacial score (nSPS) is 14.5. The molecule has 132 valence electrons. The Morgan fingerprint density at radius 3 is 2.69 bits per heavy atom. The Morgan fingerprint density at radius 2 is 1.88 bits per heavy atom. The van der Waals surface area contributed by atoms with Gasteiger partial charge in [-0.3, -0.25) is 4.79 Å². The summed E-state index contributed by atoms with van der Waals surface area (Å²) in [5, 5.41) is 1.25. The second-order valence-corrected chi connectivity index (χ2v) is 7.52. The highest BCUT2D eigenvalue weighted by molar-refractivity contribution is 7.99. The van der Waals surface area contributed by atoms with E-state index in [0.29, 0.717) is 5.75 Å². The molecule has 0 saturated heterocycles. The SMILES string of the molecule is O=C(CSCc1c[nH]c2ccccc12)N1CC=C(c2ccccc2)CC1. The van der Waals surface area contributed by atoms with Crippen LogP contribution in [0.15, 0.2) is 66.9 Å². The molecular formula is C22H22N2OS. The topological polar surface area (TPSA) is 36.1 Å². The highest BCUT2D eigenvalue weighted by Crippen LogP contribution is 2.24. The van der Waals surface area contributed by atoms with Gasteiger partial charge in [-0.05, 0) is 29.2 Å². The van der Waals surface area contributed by atoms with Crippen molar-refractivity contribution in [3.63, 3.8) is 0 Å². The van der Waals surface area contributed by atoms with Crippen LogP contribution in [0.1, 0.15) is 17.5 Å². The van der Waals surface area contributed by atoms with Crippen molar-refractivity contribution in [2.24, 2.45) is 0 Å². The highest BCUT2D eigenvalue weighted by atomic mass is 32.2. The predicted molar refractivity (Wildman–Crippen MR) is 110 cm³/mol. The van der Waals surface area contributed by atoms with E-state index in [1.54, 1.807) is 11.8 Å². The number of nitrogens with one attached hydrogen (secondary N) is 1. The molecule has 0 unspecified atom stereocenters. The molecule has 0 spiro atoms. The molecule has 1 aromatic heterocycles. The van der Waals surface area contributed by atoms with E-state index >= 15 is 0 Å². The molecule has 1 aliphatic heterocycles. The predicted octanol–water partition coefficient (Wildman–Crippen LogP) is 4.72. The third-order valence-electron chi connectivity index (χ3n) is 4.86. The monoisotopic (exact) mass is 362 g/mol. The first-order valence-corrected chi connectivity index (χ1v) is 10.1. The number of thioether (sulfide) groups is 1. The number of H-pyrrole nitrogens is 1. The van der Waals surface area contributed by atoms with Crippen LogP contribution >= 0.6 is 11.8 Å². The summed E-state index contributed by atoms with van der Waals surface area (Å²) in [6.07, 6.45) is 5.18. The van der Waals surface area contributed by atoms with Crippen LogP contribution in [0.25, 0.3) is 16.5 Å². The zero-order valence-electron chi connectivity index (χ0n) is 14.7. The zero-order chi connectivity index (χ0) is 17.8. The van der Waals surface area contributed by atoms with Crippen molar-refractivity contribution < 1.29 is 4.79 Å². The first kappa shape index (κ1) is 17.0. The smallest absolute Gasteiger partial charge is 0.232 e. The van der Waals surface area contributed by atoms with Crippen LogP contribution in [0.4, 0.5) is 0 Å². The van der Waals surface area contributed by atoms with Crippen molar-refractivity contribution in [1.82, 2.24) is 9.88 Å². The molecule has 0 atom stereocenters. The van der Waals surface area contributed by atoms with Gasteiger partial charge in [0.2, 0.25) is 5.91 Å². The second-order valence-electron chi connectivity index (χ2n) is 6.54. The van der Waals surface area contributed by atoms with E-state index in [1.807, 2.05) is 17.0 Å². The summed E-state index contributed by atoms with van der Waals surface area (Å²) in [5.74, 6) is 1.63. The van der Waals surface area contributed by atoms with Crippen molar-refractivity contribution in [1.29, 1.82) is 0 Å².